The Labute approximate surface area is 129 Å². The van der Waals surface area contributed by atoms with Crippen molar-refractivity contribution in [1.82, 2.24) is 0 Å². The van der Waals surface area contributed by atoms with Crippen molar-refractivity contribution in [3.05, 3.63) is 51.7 Å². The van der Waals surface area contributed by atoms with Crippen molar-refractivity contribution in [2.24, 2.45) is 0 Å². The van der Waals surface area contributed by atoms with E-state index in [1.807, 2.05) is 31.4 Å². The number of carbonyl (C=O) groups excluding carboxylic acids is 1. The van der Waals surface area contributed by atoms with Gasteiger partial charge in [0, 0.05) is 6.42 Å². The average molecular weight is 322 g/mol. The van der Waals surface area contributed by atoms with Gasteiger partial charge in [-0.05, 0) is 55.0 Å². The highest BCUT2D eigenvalue weighted by molar-refractivity contribution is 7.91. The molecule has 3 nitrogen and oxygen atoms in total. The summed E-state index contributed by atoms with van der Waals surface area (Å²) < 4.78 is 24.5. The molecule has 0 fully saturated rings. The number of Topliss-reactive ketones (excluding diaryl/α,β-unsaturated/α-hetero) is 1. The lowest BCUT2D eigenvalue weighted by molar-refractivity contribution is 0.0986. The van der Waals surface area contributed by atoms with Gasteiger partial charge in [-0.2, -0.15) is 0 Å². The summed E-state index contributed by atoms with van der Waals surface area (Å²) >= 11 is 1.39. The number of hydrogen-bond donors (Lipinski definition) is 0. The third-order valence-electron chi connectivity index (χ3n) is 3.45. The second kappa shape index (κ2) is 6.54. The van der Waals surface area contributed by atoms with Crippen LogP contribution >= 0.6 is 11.3 Å². The lowest BCUT2D eigenvalue weighted by Crippen LogP contribution is -2.09. The second-order valence-electron chi connectivity index (χ2n) is 5.07. The van der Waals surface area contributed by atoms with Crippen LogP contribution in [0.2, 0.25) is 0 Å². The Kier molecular flexibility index (Phi) is 4.96. The van der Waals surface area contributed by atoms with Crippen molar-refractivity contribution in [3.8, 4) is 0 Å². The zero-order valence-corrected chi connectivity index (χ0v) is 13.8. The fourth-order valence-corrected chi connectivity index (χ4v) is 4.09. The minimum absolute atomic E-state index is 0.00656. The van der Waals surface area contributed by atoms with E-state index in [9.17, 15) is 13.2 Å². The minimum atomic E-state index is -3.31. The Bertz CT molecular complexity index is 729. The first-order valence-electron chi connectivity index (χ1n) is 6.77. The topological polar surface area (TPSA) is 51.2 Å². The van der Waals surface area contributed by atoms with Gasteiger partial charge in [-0.25, -0.2) is 8.42 Å². The summed E-state index contributed by atoms with van der Waals surface area (Å²) in [5.74, 6) is 0.0207. The molecule has 0 saturated carbocycles. The molecule has 5 heteroatoms. The van der Waals surface area contributed by atoms with E-state index in [-0.39, 0.29) is 18.0 Å². The molecule has 0 unspecified atom stereocenters. The Balaban J connectivity index is 1.98. The molecular formula is C16H18O3S2. The third kappa shape index (κ3) is 4.02. The molecular weight excluding hydrogens is 304 g/mol. The SMILES string of the molecule is Cc1ccc(S(=O)(=O)CCCC(=O)c2cccs2)cc1C. The predicted molar refractivity (Wildman–Crippen MR) is 85.9 cm³/mol. The van der Waals surface area contributed by atoms with Gasteiger partial charge in [-0.15, -0.1) is 11.3 Å². The summed E-state index contributed by atoms with van der Waals surface area (Å²) in [6.07, 6.45) is 0.622. The van der Waals surface area contributed by atoms with Crippen molar-refractivity contribution >= 4 is 27.0 Å². The van der Waals surface area contributed by atoms with E-state index in [0.717, 1.165) is 11.1 Å². The Morgan fingerprint density at radius 1 is 1.14 bits per heavy atom. The highest BCUT2D eigenvalue weighted by Gasteiger charge is 2.16. The molecule has 112 valence electrons. The molecule has 0 bridgehead atoms. The first-order valence-corrected chi connectivity index (χ1v) is 9.30. The molecule has 0 amide bonds. The number of aryl methyl sites for hydroxylation is 2. The molecule has 0 aliphatic carbocycles. The molecule has 1 aromatic heterocycles. The van der Waals surface area contributed by atoms with Crippen LogP contribution in [0.5, 0.6) is 0 Å². The Morgan fingerprint density at radius 3 is 2.52 bits per heavy atom. The summed E-state index contributed by atoms with van der Waals surface area (Å²) in [5, 5.41) is 1.85. The first kappa shape index (κ1) is 15.9. The minimum Gasteiger partial charge on any atom is -0.293 e. The van der Waals surface area contributed by atoms with Gasteiger partial charge in [-0.3, -0.25) is 4.79 Å². The van der Waals surface area contributed by atoms with Crippen LogP contribution in [0.1, 0.15) is 33.6 Å². The van der Waals surface area contributed by atoms with Crippen molar-refractivity contribution < 1.29 is 13.2 Å². The molecule has 2 aromatic rings. The quantitative estimate of drug-likeness (QED) is 0.760. The van der Waals surface area contributed by atoms with Gasteiger partial charge in [-0.1, -0.05) is 12.1 Å². The van der Waals surface area contributed by atoms with Crippen molar-refractivity contribution in [2.45, 2.75) is 31.6 Å². The van der Waals surface area contributed by atoms with E-state index in [2.05, 4.69) is 0 Å². The van der Waals surface area contributed by atoms with Crippen LogP contribution in [0.4, 0.5) is 0 Å². The molecule has 0 N–H and O–H groups in total. The number of sulfone groups is 1. The van der Waals surface area contributed by atoms with E-state index in [4.69, 9.17) is 0 Å². The monoisotopic (exact) mass is 322 g/mol. The molecule has 0 atom stereocenters. The molecule has 0 aliphatic rings. The van der Waals surface area contributed by atoms with Crippen molar-refractivity contribution in [3.63, 3.8) is 0 Å². The molecule has 0 aliphatic heterocycles. The summed E-state index contributed by atoms with van der Waals surface area (Å²) in [6, 6.07) is 8.75. The highest BCUT2D eigenvalue weighted by Crippen LogP contribution is 2.18. The smallest absolute Gasteiger partial charge is 0.178 e. The van der Waals surface area contributed by atoms with Gasteiger partial charge in [0.1, 0.15) is 0 Å². The molecule has 2 rings (SSSR count). The van der Waals surface area contributed by atoms with Crippen molar-refractivity contribution in [2.75, 3.05) is 5.75 Å². The van der Waals surface area contributed by atoms with Crippen LogP contribution in [0.25, 0.3) is 0 Å². The van der Waals surface area contributed by atoms with E-state index in [0.29, 0.717) is 16.2 Å². The van der Waals surface area contributed by atoms with Crippen LogP contribution < -0.4 is 0 Å². The van der Waals surface area contributed by atoms with Crippen LogP contribution in [0.15, 0.2) is 40.6 Å². The third-order valence-corrected chi connectivity index (χ3v) is 6.16. The van der Waals surface area contributed by atoms with Gasteiger partial charge >= 0.3 is 0 Å². The number of carbonyl (C=O) groups is 1. The van der Waals surface area contributed by atoms with Crippen LogP contribution in [-0.4, -0.2) is 20.0 Å². The lowest BCUT2D eigenvalue weighted by Gasteiger charge is -2.07. The Hall–Kier alpha value is -1.46. The number of hydrogen-bond acceptors (Lipinski definition) is 4. The second-order valence-corrected chi connectivity index (χ2v) is 8.13. The Morgan fingerprint density at radius 2 is 1.90 bits per heavy atom. The maximum Gasteiger partial charge on any atom is 0.178 e. The summed E-state index contributed by atoms with van der Waals surface area (Å²) in [5.41, 5.74) is 2.03. The number of rotatable bonds is 6. The lowest BCUT2D eigenvalue weighted by atomic mass is 10.1. The standard InChI is InChI=1S/C16H18O3S2/c1-12-7-8-14(11-13(12)2)21(18,19)10-4-5-15(17)16-6-3-9-20-16/h3,6-9,11H,4-5,10H2,1-2H3. The average Bonchev–Trinajstić information content (AvgIpc) is 2.95. The summed E-state index contributed by atoms with van der Waals surface area (Å²) in [6.45, 7) is 3.85. The first-order chi connectivity index (χ1) is 9.90. The van der Waals surface area contributed by atoms with Gasteiger partial charge in [0.2, 0.25) is 0 Å². The van der Waals surface area contributed by atoms with E-state index in [1.54, 1.807) is 18.2 Å². The largest absolute Gasteiger partial charge is 0.293 e. The number of thiophene rings is 1. The van der Waals surface area contributed by atoms with Crippen molar-refractivity contribution in [1.29, 1.82) is 0 Å². The molecule has 1 heterocycles. The summed E-state index contributed by atoms with van der Waals surface area (Å²) in [4.78, 5) is 12.9. The van der Waals surface area contributed by atoms with E-state index in [1.165, 1.54) is 11.3 Å². The predicted octanol–water partition coefficient (Wildman–Crippen LogP) is 3.80. The van der Waals surface area contributed by atoms with Gasteiger partial charge in [0.25, 0.3) is 0 Å². The fourth-order valence-electron chi connectivity index (χ4n) is 2.01. The van der Waals surface area contributed by atoms with Crippen LogP contribution in [0, 0.1) is 13.8 Å². The van der Waals surface area contributed by atoms with E-state index >= 15 is 0 Å². The van der Waals surface area contributed by atoms with Gasteiger partial charge < -0.3 is 0 Å². The fraction of sp³-hybridized carbons (Fsp3) is 0.312. The van der Waals surface area contributed by atoms with E-state index < -0.39 is 9.84 Å². The number of benzene rings is 1. The molecule has 0 saturated heterocycles. The van der Waals surface area contributed by atoms with Crippen LogP contribution in [0.3, 0.4) is 0 Å². The maximum absolute atomic E-state index is 12.3. The summed E-state index contributed by atoms with van der Waals surface area (Å²) in [7, 11) is -3.31. The van der Waals surface area contributed by atoms with Gasteiger partial charge in [0.05, 0.1) is 15.5 Å². The molecule has 0 spiro atoms. The van der Waals surface area contributed by atoms with Crippen LogP contribution in [-0.2, 0) is 9.84 Å². The number of ketones is 1. The normalized spacial score (nSPS) is 11.5. The zero-order chi connectivity index (χ0) is 15.5. The maximum atomic E-state index is 12.3. The molecule has 0 radical (unpaired) electrons. The molecule has 1 aromatic carbocycles. The zero-order valence-electron chi connectivity index (χ0n) is 12.1. The van der Waals surface area contributed by atoms with Gasteiger partial charge in [0.15, 0.2) is 15.6 Å². The highest BCUT2D eigenvalue weighted by atomic mass is 32.2. The molecule has 21 heavy (non-hydrogen) atoms.